The van der Waals surface area contributed by atoms with Crippen LogP contribution in [-0.2, 0) is 11.3 Å². The zero-order valence-electron chi connectivity index (χ0n) is 18.1. The van der Waals surface area contributed by atoms with Gasteiger partial charge in [0.15, 0.2) is 11.5 Å². The van der Waals surface area contributed by atoms with Gasteiger partial charge in [-0.1, -0.05) is 19.1 Å². The van der Waals surface area contributed by atoms with E-state index in [1.165, 1.54) is 5.56 Å². The molecule has 10 nitrogen and oxygen atoms in total. The van der Waals surface area contributed by atoms with E-state index in [1.807, 2.05) is 38.2 Å². The van der Waals surface area contributed by atoms with Gasteiger partial charge >= 0.3 is 0 Å². The van der Waals surface area contributed by atoms with Gasteiger partial charge in [0.1, 0.15) is 5.82 Å². The van der Waals surface area contributed by atoms with E-state index in [4.69, 9.17) is 10.2 Å². The van der Waals surface area contributed by atoms with Crippen molar-refractivity contribution in [2.24, 2.45) is 11.8 Å². The van der Waals surface area contributed by atoms with E-state index >= 15 is 0 Å². The van der Waals surface area contributed by atoms with Crippen molar-refractivity contribution >= 4 is 17.5 Å². The fourth-order valence-corrected chi connectivity index (χ4v) is 4.32. The Morgan fingerprint density at radius 2 is 1.91 bits per heavy atom. The first kappa shape index (κ1) is 20.4. The number of nitrogens with two attached hydrogens (primary N) is 1. The molecule has 2 aliphatic rings. The number of fused-ring (bicyclic) bond motifs is 1. The molecule has 1 amide bonds. The molecule has 4 N–H and O–H groups in total. The van der Waals surface area contributed by atoms with Gasteiger partial charge in [0.25, 0.3) is 5.89 Å². The second-order valence-corrected chi connectivity index (χ2v) is 8.28. The number of anilines is 2. The second-order valence-electron chi connectivity index (χ2n) is 8.28. The molecule has 5 rings (SSSR count). The number of benzene rings is 1. The summed E-state index contributed by atoms with van der Waals surface area (Å²) < 4.78 is 5.87. The van der Waals surface area contributed by atoms with Gasteiger partial charge in [0, 0.05) is 49.5 Å². The Kier molecular flexibility index (Phi) is 5.22. The van der Waals surface area contributed by atoms with Crippen LogP contribution in [0.1, 0.15) is 18.9 Å². The molecular weight excluding hydrogens is 408 g/mol. The molecule has 10 heteroatoms. The molecule has 1 aromatic carbocycles. The van der Waals surface area contributed by atoms with Crippen LogP contribution in [0, 0.1) is 11.8 Å². The van der Waals surface area contributed by atoms with Crippen LogP contribution in [-0.4, -0.2) is 52.3 Å². The number of nitrogen functional groups attached to an aromatic ring is 1. The van der Waals surface area contributed by atoms with Crippen molar-refractivity contribution in [3.8, 4) is 23.0 Å². The molecule has 3 aromatic rings. The smallest absolute Gasteiger partial charge is 0.270 e. The lowest BCUT2D eigenvalue weighted by molar-refractivity contribution is -0.121. The van der Waals surface area contributed by atoms with Crippen LogP contribution in [0.25, 0.3) is 23.0 Å². The van der Waals surface area contributed by atoms with Gasteiger partial charge in [0.2, 0.25) is 11.8 Å². The Balaban J connectivity index is 1.31. The minimum absolute atomic E-state index is 0.106. The van der Waals surface area contributed by atoms with E-state index in [0.717, 1.165) is 31.0 Å². The van der Waals surface area contributed by atoms with Gasteiger partial charge in [-0.05, 0) is 24.7 Å². The first-order valence-electron chi connectivity index (χ1n) is 10.8. The van der Waals surface area contributed by atoms with Crippen molar-refractivity contribution in [2.75, 3.05) is 30.8 Å². The number of amides is 1. The van der Waals surface area contributed by atoms with Crippen molar-refractivity contribution in [3.63, 3.8) is 0 Å². The molecule has 2 fully saturated rings. The number of nitrogens with one attached hydrogen (secondary N) is 2. The minimum atomic E-state index is 0.106. The monoisotopic (exact) mass is 434 g/mol. The summed E-state index contributed by atoms with van der Waals surface area (Å²) in [5, 5.41) is 14.5. The first-order chi connectivity index (χ1) is 15.6. The first-order valence-corrected chi connectivity index (χ1v) is 10.8. The van der Waals surface area contributed by atoms with Gasteiger partial charge in [-0.3, -0.25) is 4.79 Å². The van der Waals surface area contributed by atoms with Gasteiger partial charge in [-0.25, -0.2) is 9.97 Å². The van der Waals surface area contributed by atoms with Gasteiger partial charge in [0.05, 0.1) is 6.20 Å². The predicted octanol–water partition coefficient (Wildman–Crippen LogP) is 1.46. The highest BCUT2D eigenvalue weighted by Crippen LogP contribution is 2.46. The Morgan fingerprint density at radius 3 is 2.59 bits per heavy atom. The molecule has 0 bridgehead atoms. The van der Waals surface area contributed by atoms with Gasteiger partial charge in [-0.15, -0.1) is 10.2 Å². The number of nitrogens with zero attached hydrogens (tertiary/aromatic N) is 5. The van der Waals surface area contributed by atoms with Crippen LogP contribution in [0.4, 0.5) is 11.6 Å². The van der Waals surface area contributed by atoms with E-state index in [1.54, 1.807) is 6.20 Å². The van der Waals surface area contributed by atoms with Crippen molar-refractivity contribution < 1.29 is 9.21 Å². The molecule has 3 atom stereocenters. The molecule has 1 aliphatic carbocycles. The highest BCUT2D eigenvalue weighted by atomic mass is 16.4. The summed E-state index contributed by atoms with van der Waals surface area (Å²) in [5.74, 6) is 2.62. The van der Waals surface area contributed by atoms with Gasteiger partial charge in [-0.2, -0.15) is 0 Å². The lowest BCUT2D eigenvalue weighted by Gasteiger charge is -2.21. The van der Waals surface area contributed by atoms with E-state index in [-0.39, 0.29) is 23.7 Å². The quantitative estimate of drug-likeness (QED) is 0.505. The summed E-state index contributed by atoms with van der Waals surface area (Å²) in [7, 11) is 1.91. The van der Waals surface area contributed by atoms with Crippen molar-refractivity contribution in [1.29, 1.82) is 0 Å². The molecule has 32 heavy (non-hydrogen) atoms. The number of hydrogen-bond acceptors (Lipinski definition) is 9. The number of aromatic nitrogens is 4. The van der Waals surface area contributed by atoms with Crippen LogP contribution in [0.5, 0.6) is 0 Å². The minimum Gasteiger partial charge on any atom is -0.414 e. The maximum Gasteiger partial charge on any atom is 0.270 e. The molecule has 2 aromatic heterocycles. The summed E-state index contributed by atoms with van der Waals surface area (Å²) in [6.07, 6.45) is 2.18. The van der Waals surface area contributed by atoms with Crippen molar-refractivity contribution in [2.45, 2.75) is 25.9 Å². The maximum atomic E-state index is 11.6. The zero-order valence-corrected chi connectivity index (χ0v) is 18.1. The third-order valence-corrected chi connectivity index (χ3v) is 6.16. The molecule has 0 spiro atoms. The third kappa shape index (κ3) is 3.77. The van der Waals surface area contributed by atoms with Crippen LogP contribution in [0.15, 0.2) is 34.9 Å². The Labute approximate surface area is 185 Å². The predicted molar refractivity (Wildman–Crippen MR) is 119 cm³/mol. The summed E-state index contributed by atoms with van der Waals surface area (Å²) in [5.41, 5.74) is 8.45. The van der Waals surface area contributed by atoms with Crippen LogP contribution in [0.2, 0.25) is 0 Å². The van der Waals surface area contributed by atoms with Crippen LogP contribution >= 0.6 is 0 Å². The second kappa shape index (κ2) is 8.19. The Hall–Kier alpha value is -3.53. The number of hydrogen-bond donors (Lipinski definition) is 3. The molecule has 2 unspecified atom stereocenters. The lowest BCUT2D eigenvalue weighted by atomic mass is 10.1. The topological polar surface area (TPSA) is 135 Å². The largest absolute Gasteiger partial charge is 0.414 e. The van der Waals surface area contributed by atoms with Crippen LogP contribution in [0.3, 0.4) is 0 Å². The third-order valence-electron chi connectivity index (χ3n) is 6.16. The molecule has 1 aliphatic heterocycles. The summed E-state index contributed by atoms with van der Waals surface area (Å²) in [4.78, 5) is 22.8. The van der Waals surface area contributed by atoms with E-state index in [9.17, 15) is 4.79 Å². The fraction of sp³-hybridized carbons (Fsp3) is 0.409. The molecule has 1 saturated carbocycles. The summed E-state index contributed by atoms with van der Waals surface area (Å²) in [6, 6.07) is 8.19. The number of carbonyl (C=O) groups excluding carboxylic acids is 1. The maximum absolute atomic E-state index is 11.6. The van der Waals surface area contributed by atoms with E-state index in [2.05, 4.69) is 35.7 Å². The molecule has 166 valence electrons. The molecular formula is C22H26N8O2. The highest BCUT2D eigenvalue weighted by Gasteiger charge is 2.56. The normalized spacial score (nSPS) is 21.4. The van der Waals surface area contributed by atoms with Crippen molar-refractivity contribution in [1.82, 2.24) is 30.8 Å². The SMILES string of the molecule is CCC(=O)NC1C2CN(c3cnc(N)c(-c4nnc(-c5ccc(CNC)cc5)o4)n3)C[C@H]21. The van der Waals surface area contributed by atoms with Crippen molar-refractivity contribution in [3.05, 3.63) is 36.0 Å². The van der Waals surface area contributed by atoms with E-state index in [0.29, 0.717) is 29.8 Å². The highest BCUT2D eigenvalue weighted by molar-refractivity contribution is 5.76. The van der Waals surface area contributed by atoms with Gasteiger partial charge < -0.3 is 25.7 Å². The van der Waals surface area contributed by atoms with E-state index < -0.39 is 0 Å². The average Bonchev–Trinajstić information content (AvgIpc) is 3.20. The molecule has 1 saturated heterocycles. The number of piperidine rings is 1. The number of rotatable bonds is 7. The molecule has 0 radical (unpaired) electrons. The molecule has 3 heterocycles. The summed E-state index contributed by atoms with van der Waals surface area (Å²) >= 11 is 0. The number of carbonyl (C=O) groups is 1. The summed E-state index contributed by atoms with van der Waals surface area (Å²) in [6.45, 7) is 4.31. The lowest BCUT2D eigenvalue weighted by Crippen LogP contribution is -2.34. The fourth-order valence-electron chi connectivity index (χ4n) is 4.32. The average molecular weight is 435 g/mol. The Morgan fingerprint density at radius 1 is 1.19 bits per heavy atom. The Bertz CT molecular complexity index is 1120. The zero-order chi connectivity index (χ0) is 22.2. The standard InChI is InChI=1S/C22H26N8O2/c1-3-17(31)27-18-14-10-30(11-15(14)18)16-9-25-20(23)19(26-16)22-29-28-21(32-22)13-6-4-12(5-7-13)8-24-2/h4-7,9,14-15,18,24H,3,8,10-11H2,1-2H3,(H2,23,25)(H,27,31)/t14-,15?,18?/m1/s1. The van der Waals surface area contributed by atoms with Crippen LogP contribution < -0.4 is 21.3 Å².